The molecule has 0 saturated heterocycles. The Bertz CT molecular complexity index is 325. The lowest BCUT2D eigenvalue weighted by molar-refractivity contribution is 0.243. The van der Waals surface area contributed by atoms with Gasteiger partial charge in [0.25, 0.3) is 0 Å². The van der Waals surface area contributed by atoms with Gasteiger partial charge < -0.3 is 10.6 Å². The maximum Gasteiger partial charge on any atom is 0.0406 e. The third-order valence-electron chi connectivity index (χ3n) is 2.60. The molecule has 2 N–H and O–H groups in total. The van der Waals surface area contributed by atoms with Crippen LogP contribution in [-0.4, -0.2) is 24.5 Å². The average Bonchev–Trinajstić information content (AvgIpc) is 2.14. The summed E-state index contributed by atoms with van der Waals surface area (Å²) in [5.74, 6) is 0. The molecule has 1 aromatic rings. The molecule has 0 heterocycles. The molecule has 0 radical (unpaired) electrons. The largest absolute Gasteiger partial charge is 0.325 e. The van der Waals surface area contributed by atoms with E-state index in [9.17, 15) is 0 Å². The fourth-order valence-electron chi connectivity index (χ4n) is 1.78. The maximum atomic E-state index is 6.09. The summed E-state index contributed by atoms with van der Waals surface area (Å²) >= 11 is 5.89. The second-order valence-electron chi connectivity index (χ2n) is 5.22. The number of benzene rings is 1. The summed E-state index contributed by atoms with van der Waals surface area (Å²) in [7, 11) is 4.15. The first-order valence-corrected chi connectivity index (χ1v) is 5.88. The van der Waals surface area contributed by atoms with Crippen molar-refractivity contribution in [1.82, 2.24) is 4.90 Å². The van der Waals surface area contributed by atoms with E-state index >= 15 is 0 Å². The normalized spacial score (nSPS) is 14.2. The van der Waals surface area contributed by atoms with Crippen molar-refractivity contribution < 1.29 is 0 Å². The van der Waals surface area contributed by atoms with Gasteiger partial charge in [-0.05, 0) is 52.1 Å². The van der Waals surface area contributed by atoms with Crippen LogP contribution in [0.3, 0.4) is 0 Å². The van der Waals surface area contributed by atoms with Gasteiger partial charge in [-0.2, -0.15) is 0 Å². The fourth-order valence-corrected chi connectivity index (χ4v) is 1.91. The summed E-state index contributed by atoms with van der Waals surface area (Å²) in [6.45, 7) is 4.11. The predicted molar refractivity (Wildman–Crippen MR) is 70.8 cm³/mol. The quantitative estimate of drug-likeness (QED) is 0.877. The molecular weight excluding hydrogens is 220 g/mol. The molecule has 3 heteroatoms. The molecule has 1 unspecified atom stereocenters. The second kappa shape index (κ2) is 5.17. The van der Waals surface area contributed by atoms with Crippen LogP contribution < -0.4 is 5.73 Å². The van der Waals surface area contributed by atoms with E-state index in [-0.39, 0.29) is 5.54 Å². The van der Waals surface area contributed by atoms with Crippen LogP contribution in [0.4, 0.5) is 0 Å². The van der Waals surface area contributed by atoms with Crippen molar-refractivity contribution in [2.75, 3.05) is 14.1 Å². The molecule has 16 heavy (non-hydrogen) atoms. The van der Waals surface area contributed by atoms with Crippen molar-refractivity contribution in [3.8, 4) is 0 Å². The average molecular weight is 241 g/mol. The van der Waals surface area contributed by atoms with Crippen LogP contribution in [0.2, 0.25) is 5.02 Å². The van der Waals surface area contributed by atoms with Crippen molar-refractivity contribution >= 4 is 11.6 Å². The maximum absolute atomic E-state index is 6.09. The van der Waals surface area contributed by atoms with E-state index in [4.69, 9.17) is 17.3 Å². The van der Waals surface area contributed by atoms with Crippen molar-refractivity contribution in [3.05, 3.63) is 34.9 Å². The molecule has 1 rings (SSSR count). The number of rotatable bonds is 4. The van der Waals surface area contributed by atoms with E-state index in [0.29, 0.717) is 6.04 Å². The van der Waals surface area contributed by atoms with E-state index < -0.39 is 0 Å². The standard InChI is InChI=1S/C13H21ClN2/c1-13(2,15)9-12(16(3)4)10-5-7-11(14)8-6-10/h5-8,12H,9,15H2,1-4H3. The van der Waals surface area contributed by atoms with Crippen LogP contribution in [0, 0.1) is 0 Å². The highest BCUT2D eigenvalue weighted by Gasteiger charge is 2.22. The topological polar surface area (TPSA) is 29.3 Å². The molecule has 0 aliphatic heterocycles. The summed E-state index contributed by atoms with van der Waals surface area (Å²) in [6.07, 6.45) is 0.918. The minimum absolute atomic E-state index is 0.172. The van der Waals surface area contributed by atoms with Crippen LogP contribution in [0.5, 0.6) is 0 Å². The molecule has 0 amide bonds. The van der Waals surface area contributed by atoms with Crippen molar-refractivity contribution in [2.45, 2.75) is 31.8 Å². The van der Waals surface area contributed by atoms with E-state index in [1.165, 1.54) is 5.56 Å². The lowest BCUT2D eigenvalue weighted by atomic mass is 9.91. The van der Waals surface area contributed by atoms with Gasteiger partial charge in [0.05, 0.1) is 0 Å². The van der Waals surface area contributed by atoms with Crippen molar-refractivity contribution in [3.63, 3.8) is 0 Å². The van der Waals surface area contributed by atoms with Crippen molar-refractivity contribution in [1.29, 1.82) is 0 Å². The lowest BCUT2D eigenvalue weighted by Gasteiger charge is -2.31. The zero-order valence-corrected chi connectivity index (χ0v) is 11.3. The van der Waals surface area contributed by atoms with E-state index in [0.717, 1.165) is 11.4 Å². The minimum atomic E-state index is -0.172. The highest BCUT2D eigenvalue weighted by atomic mass is 35.5. The summed E-state index contributed by atoms with van der Waals surface area (Å²) in [6, 6.07) is 8.32. The highest BCUT2D eigenvalue weighted by Crippen LogP contribution is 2.27. The molecule has 2 nitrogen and oxygen atoms in total. The number of hydrogen-bond donors (Lipinski definition) is 1. The zero-order chi connectivity index (χ0) is 12.3. The lowest BCUT2D eigenvalue weighted by Crippen LogP contribution is -2.37. The van der Waals surface area contributed by atoms with Crippen LogP contribution in [0.25, 0.3) is 0 Å². The Morgan fingerprint density at radius 1 is 1.25 bits per heavy atom. The van der Waals surface area contributed by atoms with Gasteiger partial charge in [0.1, 0.15) is 0 Å². The van der Waals surface area contributed by atoms with Gasteiger partial charge in [-0.25, -0.2) is 0 Å². The van der Waals surface area contributed by atoms with Crippen LogP contribution in [-0.2, 0) is 0 Å². The smallest absolute Gasteiger partial charge is 0.0406 e. The summed E-state index contributed by atoms with van der Waals surface area (Å²) in [5.41, 5.74) is 7.17. The highest BCUT2D eigenvalue weighted by molar-refractivity contribution is 6.30. The zero-order valence-electron chi connectivity index (χ0n) is 10.5. The van der Waals surface area contributed by atoms with E-state index in [1.54, 1.807) is 0 Å². The Morgan fingerprint density at radius 2 is 1.75 bits per heavy atom. The number of nitrogens with two attached hydrogens (primary N) is 1. The van der Waals surface area contributed by atoms with E-state index in [1.807, 2.05) is 12.1 Å². The molecule has 0 aliphatic carbocycles. The Morgan fingerprint density at radius 3 is 2.12 bits per heavy atom. The van der Waals surface area contributed by atoms with Gasteiger partial charge in [0, 0.05) is 16.6 Å². The first-order valence-electron chi connectivity index (χ1n) is 5.50. The Balaban J connectivity index is 2.90. The Hall–Kier alpha value is -0.570. The van der Waals surface area contributed by atoms with Crippen LogP contribution >= 0.6 is 11.6 Å². The van der Waals surface area contributed by atoms with Gasteiger partial charge in [-0.1, -0.05) is 23.7 Å². The van der Waals surface area contributed by atoms with Gasteiger partial charge in [-0.3, -0.25) is 0 Å². The van der Waals surface area contributed by atoms with Crippen LogP contribution in [0.1, 0.15) is 31.9 Å². The second-order valence-corrected chi connectivity index (χ2v) is 5.66. The summed E-state index contributed by atoms with van der Waals surface area (Å²) in [4.78, 5) is 2.19. The van der Waals surface area contributed by atoms with E-state index in [2.05, 4.69) is 45.0 Å². The van der Waals surface area contributed by atoms with Gasteiger partial charge >= 0.3 is 0 Å². The summed E-state index contributed by atoms with van der Waals surface area (Å²) < 4.78 is 0. The van der Waals surface area contributed by atoms with Gasteiger partial charge in [-0.15, -0.1) is 0 Å². The molecule has 0 fully saturated rings. The van der Waals surface area contributed by atoms with Gasteiger partial charge in [0.2, 0.25) is 0 Å². The predicted octanol–water partition coefficient (Wildman–Crippen LogP) is 3.07. The molecule has 0 saturated carbocycles. The number of nitrogens with zero attached hydrogens (tertiary/aromatic N) is 1. The molecule has 1 atom stereocenters. The SMILES string of the molecule is CN(C)C(CC(C)(C)N)c1ccc(Cl)cc1. The monoisotopic (exact) mass is 240 g/mol. The summed E-state index contributed by atoms with van der Waals surface area (Å²) in [5, 5.41) is 0.772. The first-order chi connectivity index (χ1) is 7.29. The Labute approximate surface area is 103 Å². The third-order valence-corrected chi connectivity index (χ3v) is 2.85. The fraction of sp³-hybridized carbons (Fsp3) is 0.538. The Kier molecular flexibility index (Phi) is 4.36. The first kappa shape index (κ1) is 13.5. The molecular formula is C13H21ClN2. The molecule has 0 aromatic heterocycles. The molecule has 0 aliphatic rings. The molecule has 90 valence electrons. The third kappa shape index (κ3) is 4.12. The van der Waals surface area contributed by atoms with Crippen LogP contribution in [0.15, 0.2) is 24.3 Å². The molecule has 0 spiro atoms. The molecule has 1 aromatic carbocycles. The molecule has 0 bridgehead atoms. The van der Waals surface area contributed by atoms with Crippen molar-refractivity contribution in [2.24, 2.45) is 5.73 Å². The minimum Gasteiger partial charge on any atom is -0.325 e. The number of halogens is 1. The number of hydrogen-bond acceptors (Lipinski definition) is 2. The van der Waals surface area contributed by atoms with Gasteiger partial charge in [0.15, 0.2) is 0 Å².